The number of nitrogens with zero attached hydrogens (tertiary/aromatic N) is 3. The Morgan fingerprint density at radius 3 is 2.69 bits per heavy atom. The van der Waals surface area contributed by atoms with Gasteiger partial charge in [-0.2, -0.15) is 0 Å². The summed E-state index contributed by atoms with van der Waals surface area (Å²) in [6, 6.07) is 5.39. The molecule has 138 valence electrons. The lowest BCUT2D eigenvalue weighted by atomic mass is 10.00. The summed E-state index contributed by atoms with van der Waals surface area (Å²) >= 11 is 0. The second kappa shape index (κ2) is 7.76. The molecule has 26 heavy (non-hydrogen) atoms. The monoisotopic (exact) mass is 360 g/mol. The molecule has 1 N–H and O–H groups in total. The largest absolute Gasteiger partial charge is 0.354 e. The summed E-state index contributed by atoms with van der Waals surface area (Å²) in [6.07, 6.45) is 4.33. The number of carbonyl (C=O) groups excluding carboxylic acids is 1. The zero-order valence-electron chi connectivity index (χ0n) is 14.9. The molecule has 7 heteroatoms. The number of nitrogens with one attached hydrogen (secondary N) is 1. The second-order valence-corrected chi connectivity index (χ2v) is 6.46. The molecule has 1 aromatic heterocycles. The second-order valence-electron chi connectivity index (χ2n) is 6.46. The molecule has 3 rings (SSSR count). The molecule has 5 nitrogen and oxygen atoms in total. The van der Waals surface area contributed by atoms with E-state index in [1.54, 1.807) is 13.0 Å². The Balaban J connectivity index is 1.88. The van der Waals surface area contributed by atoms with E-state index in [0.29, 0.717) is 17.7 Å². The molecule has 1 atom stereocenters. The Morgan fingerprint density at radius 1 is 1.27 bits per heavy atom. The van der Waals surface area contributed by atoms with Gasteiger partial charge in [0.1, 0.15) is 34.7 Å². The molecule has 2 aromatic rings. The zero-order valence-corrected chi connectivity index (χ0v) is 14.9. The molecule has 2 heterocycles. The standard InChI is InChI=1S/C19H22F2N4O/c1-3-13-7-4-5-10-25(13)17-11-16(22-12(2)23-17)19(26)24-18-14(20)8-6-9-15(18)21/h6,8-9,11,13H,3-5,7,10H2,1-2H3,(H,24,26). The summed E-state index contributed by atoms with van der Waals surface area (Å²) in [5.41, 5.74) is -0.379. The highest BCUT2D eigenvalue weighted by atomic mass is 19.1. The first-order chi connectivity index (χ1) is 12.5. The Hall–Kier alpha value is -2.57. The van der Waals surface area contributed by atoms with Crippen LogP contribution in [-0.2, 0) is 0 Å². The quantitative estimate of drug-likeness (QED) is 0.892. The van der Waals surface area contributed by atoms with Crippen molar-refractivity contribution in [2.24, 2.45) is 0 Å². The highest BCUT2D eigenvalue weighted by Gasteiger charge is 2.24. The van der Waals surface area contributed by atoms with Gasteiger partial charge in [0.15, 0.2) is 0 Å². The van der Waals surface area contributed by atoms with Gasteiger partial charge in [-0.25, -0.2) is 18.7 Å². The molecule has 0 spiro atoms. The van der Waals surface area contributed by atoms with Gasteiger partial charge in [0.25, 0.3) is 5.91 Å². The number of para-hydroxylation sites is 1. The molecule has 0 radical (unpaired) electrons. The first kappa shape index (κ1) is 18.2. The summed E-state index contributed by atoms with van der Waals surface area (Å²) in [5, 5.41) is 2.28. The molecule has 0 aliphatic carbocycles. The smallest absolute Gasteiger partial charge is 0.274 e. The number of carbonyl (C=O) groups is 1. The lowest BCUT2D eigenvalue weighted by Crippen LogP contribution is -2.40. The summed E-state index contributed by atoms with van der Waals surface area (Å²) < 4.78 is 27.6. The van der Waals surface area contributed by atoms with Crippen LogP contribution in [0.5, 0.6) is 0 Å². The van der Waals surface area contributed by atoms with Crippen molar-refractivity contribution in [3.05, 3.63) is 47.4 Å². The molecular formula is C19H22F2N4O. The molecule has 1 aromatic carbocycles. The Labute approximate surface area is 151 Å². The van der Waals surface area contributed by atoms with Crippen LogP contribution in [0, 0.1) is 18.6 Å². The number of halogens is 2. The highest BCUT2D eigenvalue weighted by Crippen LogP contribution is 2.26. The van der Waals surface area contributed by atoms with E-state index in [0.717, 1.165) is 37.9 Å². The van der Waals surface area contributed by atoms with Crippen molar-refractivity contribution in [3.63, 3.8) is 0 Å². The van der Waals surface area contributed by atoms with Gasteiger partial charge < -0.3 is 10.2 Å². The normalized spacial score (nSPS) is 17.2. The van der Waals surface area contributed by atoms with Crippen LogP contribution in [0.4, 0.5) is 20.3 Å². The van der Waals surface area contributed by atoms with Crippen molar-refractivity contribution in [3.8, 4) is 0 Å². The predicted molar refractivity (Wildman–Crippen MR) is 96.4 cm³/mol. The number of rotatable bonds is 4. The van der Waals surface area contributed by atoms with Crippen molar-refractivity contribution in [2.45, 2.75) is 45.6 Å². The molecule has 0 bridgehead atoms. The molecule has 1 aliphatic rings. The maximum absolute atomic E-state index is 13.8. The van der Waals surface area contributed by atoms with Crippen LogP contribution >= 0.6 is 0 Å². The number of hydrogen-bond donors (Lipinski definition) is 1. The van der Waals surface area contributed by atoms with E-state index in [9.17, 15) is 13.6 Å². The van der Waals surface area contributed by atoms with Crippen LogP contribution in [0.25, 0.3) is 0 Å². The van der Waals surface area contributed by atoms with Gasteiger partial charge in [0, 0.05) is 18.7 Å². The maximum atomic E-state index is 13.8. The first-order valence-corrected chi connectivity index (χ1v) is 8.87. The van der Waals surface area contributed by atoms with Gasteiger partial charge in [-0.1, -0.05) is 13.0 Å². The third-order valence-corrected chi connectivity index (χ3v) is 4.65. The topological polar surface area (TPSA) is 58.1 Å². The van der Waals surface area contributed by atoms with Gasteiger partial charge in [0.05, 0.1) is 0 Å². The Kier molecular flexibility index (Phi) is 5.44. The average molecular weight is 360 g/mol. The summed E-state index contributed by atoms with van der Waals surface area (Å²) in [7, 11) is 0. The Bertz CT molecular complexity index is 792. The van der Waals surface area contributed by atoms with Crippen LogP contribution in [0.3, 0.4) is 0 Å². The van der Waals surface area contributed by atoms with Crippen LogP contribution in [0.2, 0.25) is 0 Å². The van der Waals surface area contributed by atoms with E-state index in [-0.39, 0.29) is 5.69 Å². The van der Waals surface area contributed by atoms with Crippen molar-refractivity contribution in [1.29, 1.82) is 0 Å². The summed E-state index contributed by atoms with van der Waals surface area (Å²) in [5.74, 6) is -1.19. The van der Waals surface area contributed by atoms with Gasteiger partial charge in [-0.3, -0.25) is 4.79 Å². The lowest BCUT2D eigenvalue weighted by molar-refractivity contribution is 0.102. The van der Waals surface area contributed by atoms with Crippen LogP contribution < -0.4 is 10.2 Å². The van der Waals surface area contributed by atoms with Crippen LogP contribution in [0.15, 0.2) is 24.3 Å². The number of anilines is 2. The van der Waals surface area contributed by atoms with Gasteiger partial charge in [-0.05, 0) is 44.7 Å². The third-order valence-electron chi connectivity index (χ3n) is 4.65. The van der Waals surface area contributed by atoms with Crippen molar-refractivity contribution >= 4 is 17.4 Å². The number of aromatic nitrogens is 2. The molecular weight excluding hydrogens is 338 g/mol. The van der Waals surface area contributed by atoms with Crippen molar-refractivity contribution in [2.75, 3.05) is 16.8 Å². The number of aryl methyl sites for hydroxylation is 1. The van der Waals surface area contributed by atoms with E-state index in [2.05, 4.69) is 27.1 Å². The van der Waals surface area contributed by atoms with Gasteiger partial charge in [0.2, 0.25) is 0 Å². The SMILES string of the molecule is CCC1CCCCN1c1cc(C(=O)Nc2c(F)cccc2F)nc(C)n1. The summed E-state index contributed by atoms with van der Waals surface area (Å²) in [6.45, 7) is 4.71. The van der Waals surface area contributed by atoms with Gasteiger partial charge in [-0.15, -0.1) is 0 Å². The number of benzene rings is 1. The fourth-order valence-electron chi connectivity index (χ4n) is 3.34. The minimum atomic E-state index is -0.827. The lowest BCUT2D eigenvalue weighted by Gasteiger charge is -2.36. The molecule has 1 aliphatic heterocycles. The van der Waals surface area contributed by atoms with E-state index >= 15 is 0 Å². The van der Waals surface area contributed by atoms with E-state index in [4.69, 9.17) is 0 Å². The predicted octanol–water partition coefficient (Wildman–Crippen LogP) is 4.08. The molecule has 0 saturated carbocycles. The first-order valence-electron chi connectivity index (χ1n) is 8.87. The summed E-state index contributed by atoms with van der Waals surface area (Å²) in [4.78, 5) is 23.3. The van der Waals surface area contributed by atoms with Crippen LogP contribution in [0.1, 0.15) is 48.9 Å². The van der Waals surface area contributed by atoms with E-state index in [1.165, 1.54) is 12.5 Å². The maximum Gasteiger partial charge on any atom is 0.274 e. The van der Waals surface area contributed by atoms with Crippen molar-refractivity contribution < 1.29 is 13.6 Å². The van der Waals surface area contributed by atoms with Gasteiger partial charge >= 0.3 is 0 Å². The van der Waals surface area contributed by atoms with E-state index < -0.39 is 23.2 Å². The number of amides is 1. The number of hydrogen-bond acceptors (Lipinski definition) is 4. The van der Waals surface area contributed by atoms with E-state index in [1.807, 2.05) is 0 Å². The van der Waals surface area contributed by atoms with Crippen LogP contribution in [-0.4, -0.2) is 28.5 Å². The Morgan fingerprint density at radius 2 is 2.00 bits per heavy atom. The minimum absolute atomic E-state index is 0.0931. The third kappa shape index (κ3) is 3.81. The molecule has 1 unspecified atom stereocenters. The average Bonchev–Trinajstić information content (AvgIpc) is 2.64. The molecule has 1 amide bonds. The fourth-order valence-corrected chi connectivity index (χ4v) is 3.34. The molecule has 1 fully saturated rings. The highest BCUT2D eigenvalue weighted by molar-refractivity contribution is 6.03. The fraction of sp³-hybridized carbons (Fsp3) is 0.421. The zero-order chi connectivity index (χ0) is 18.7. The van der Waals surface area contributed by atoms with Crippen molar-refractivity contribution in [1.82, 2.24) is 9.97 Å². The number of piperidine rings is 1. The molecule has 1 saturated heterocycles. The minimum Gasteiger partial charge on any atom is -0.354 e.